The summed E-state index contributed by atoms with van der Waals surface area (Å²) in [7, 11) is 0. The number of carbonyl (C=O) groups is 2. The average molecular weight is 405 g/mol. The van der Waals surface area contributed by atoms with E-state index in [1.165, 1.54) is 0 Å². The van der Waals surface area contributed by atoms with Crippen molar-refractivity contribution in [2.24, 2.45) is 0 Å². The molecule has 0 saturated carbocycles. The minimum Gasteiger partial charge on any atom is -0.484 e. The number of aliphatic hydroxyl groups excluding tert-OH is 1. The van der Waals surface area contributed by atoms with E-state index in [0.29, 0.717) is 51.1 Å². The molecule has 0 aliphatic carbocycles. The molecule has 0 unspecified atom stereocenters. The summed E-state index contributed by atoms with van der Waals surface area (Å²) >= 11 is 0. The van der Waals surface area contributed by atoms with E-state index in [4.69, 9.17) is 9.47 Å². The van der Waals surface area contributed by atoms with E-state index < -0.39 is 17.2 Å². The highest BCUT2D eigenvalue weighted by Crippen LogP contribution is 2.40. The lowest BCUT2D eigenvalue weighted by Crippen LogP contribution is -2.69. The van der Waals surface area contributed by atoms with Crippen LogP contribution in [0.5, 0.6) is 5.75 Å². The summed E-state index contributed by atoms with van der Waals surface area (Å²) in [4.78, 5) is 26.4. The number of hydrogen-bond donors (Lipinski definition) is 2. The molecule has 0 bridgehead atoms. The Morgan fingerprint density at radius 3 is 2.59 bits per heavy atom. The maximum Gasteiger partial charge on any atom is 0.260 e. The van der Waals surface area contributed by atoms with Crippen LogP contribution in [-0.4, -0.2) is 65.4 Å². The molecule has 2 heterocycles. The fourth-order valence-corrected chi connectivity index (χ4v) is 4.31. The van der Waals surface area contributed by atoms with Gasteiger partial charge in [-0.15, -0.1) is 0 Å². The third kappa shape index (κ3) is 4.90. The van der Waals surface area contributed by atoms with Crippen molar-refractivity contribution in [3.05, 3.63) is 30.3 Å². The van der Waals surface area contributed by atoms with Crippen molar-refractivity contribution in [2.75, 3.05) is 26.3 Å². The predicted octanol–water partition coefficient (Wildman–Crippen LogP) is 1.88. The van der Waals surface area contributed by atoms with Crippen molar-refractivity contribution in [3.8, 4) is 5.75 Å². The smallest absolute Gasteiger partial charge is 0.260 e. The molecule has 0 aromatic heterocycles. The molecule has 7 heteroatoms. The predicted molar refractivity (Wildman–Crippen MR) is 109 cm³/mol. The van der Waals surface area contributed by atoms with E-state index in [0.717, 1.165) is 6.42 Å². The summed E-state index contributed by atoms with van der Waals surface area (Å²) in [5.41, 5.74) is -1.45. The Kier molecular flexibility index (Phi) is 6.80. The molecule has 1 spiro atoms. The van der Waals surface area contributed by atoms with Crippen LogP contribution in [0.1, 0.15) is 46.0 Å². The first-order valence-electron chi connectivity index (χ1n) is 10.5. The highest BCUT2D eigenvalue weighted by molar-refractivity contribution is 5.78. The van der Waals surface area contributed by atoms with Crippen LogP contribution in [0.2, 0.25) is 0 Å². The Hall–Kier alpha value is -2.12. The Bertz CT molecular complexity index is 702. The summed E-state index contributed by atoms with van der Waals surface area (Å²) in [6, 6.07) is 9.26. The number of aliphatic hydroxyl groups is 1. The summed E-state index contributed by atoms with van der Waals surface area (Å²) in [6.07, 6.45) is 2.03. The third-order valence-electron chi connectivity index (χ3n) is 6.08. The first kappa shape index (κ1) is 21.6. The van der Waals surface area contributed by atoms with E-state index >= 15 is 0 Å². The number of amides is 2. The molecule has 2 aliphatic heterocycles. The van der Waals surface area contributed by atoms with E-state index in [-0.39, 0.29) is 18.4 Å². The number of para-hydroxylation sites is 1. The second kappa shape index (κ2) is 9.13. The Labute approximate surface area is 172 Å². The van der Waals surface area contributed by atoms with Gasteiger partial charge in [-0.05, 0) is 44.7 Å². The van der Waals surface area contributed by atoms with E-state index in [9.17, 15) is 14.7 Å². The third-order valence-corrected chi connectivity index (χ3v) is 6.08. The number of rotatable bonds is 6. The summed E-state index contributed by atoms with van der Waals surface area (Å²) in [5, 5.41) is 14.2. The van der Waals surface area contributed by atoms with Crippen LogP contribution in [0.4, 0.5) is 0 Å². The maximum atomic E-state index is 12.5. The zero-order valence-electron chi connectivity index (χ0n) is 17.4. The van der Waals surface area contributed by atoms with Crippen molar-refractivity contribution in [3.63, 3.8) is 0 Å². The Morgan fingerprint density at radius 2 is 1.93 bits per heavy atom. The van der Waals surface area contributed by atoms with Gasteiger partial charge in [0.25, 0.3) is 5.91 Å². The first-order chi connectivity index (χ1) is 13.9. The van der Waals surface area contributed by atoms with Gasteiger partial charge in [0.1, 0.15) is 11.9 Å². The van der Waals surface area contributed by atoms with Crippen LogP contribution in [0.25, 0.3) is 0 Å². The number of nitrogens with one attached hydrogen (secondary N) is 1. The zero-order valence-corrected chi connectivity index (χ0v) is 17.4. The summed E-state index contributed by atoms with van der Waals surface area (Å²) in [6.45, 7) is 5.30. The van der Waals surface area contributed by atoms with Crippen LogP contribution in [-0.2, 0) is 14.3 Å². The molecule has 3 rings (SSSR count). The lowest BCUT2D eigenvalue weighted by atomic mass is 9.73. The van der Waals surface area contributed by atoms with Crippen molar-refractivity contribution in [1.82, 2.24) is 10.2 Å². The Morgan fingerprint density at radius 1 is 1.24 bits per heavy atom. The van der Waals surface area contributed by atoms with Crippen molar-refractivity contribution in [2.45, 2.75) is 63.2 Å². The number of carbonyl (C=O) groups excluding carboxylic acids is 2. The lowest BCUT2D eigenvalue weighted by molar-refractivity contribution is -0.208. The van der Waals surface area contributed by atoms with Crippen LogP contribution in [0.3, 0.4) is 0 Å². The maximum absolute atomic E-state index is 12.5. The molecule has 7 nitrogen and oxygen atoms in total. The summed E-state index contributed by atoms with van der Waals surface area (Å²) in [5.74, 6) is 0.545. The second-order valence-electron chi connectivity index (χ2n) is 8.26. The molecule has 2 atom stereocenters. The van der Waals surface area contributed by atoms with Crippen LogP contribution in [0.15, 0.2) is 30.3 Å². The van der Waals surface area contributed by atoms with Gasteiger partial charge in [-0.3, -0.25) is 9.59 Å². The van der Waals surface area contributed by atoms with Crippen molar-refractivity contribution in [1.29, 1.82) is 0 Å². The molecular formula is C22H32N2O5. The van der Waals surface area contributed by atoms with Gasteiger partial charge in [0.15, 0.2) is 6.61 Å². The van der Waals surface area contributed by atoms with Gasteiger partial charge in [-0.25, -0.2) is 0 Å². The number of likely N-dealkylation sites (tertiary alicyclic amines) is 1. The minimum atomic E-state index is -0.817. The van der Waals surface area contributed by atoms with Gasteiger partial charge in [0, 0.05) is 26.1 Å². The summed E-state index contributed by atoms with van der Waals surface area (Å²) < 4.78 is 11.6. The normalized spacial score (nSPS) is 26.2. The lowest BCUT2D eigenvalue weighted by Gasteiger charge is -2.53. The monoisotopic (exact) mass is 404 g/mol. The molecule has 2 amide bonds. The van der Waals surface area contributed by atoms with E-state index in [1.807, 2.05) is 44.2 Å². The number of piperidine rings is 1. The van der Waals surface area contributed by atoms with E-state index in [1.54, 1.807) is 4.90 Å². The van der Waals surface area contributed by atoms with Gasteiger partial charge in [-0.2, -0.15) is 0 Å². The molecule has 160 valence electrons. The van der Waals surface area contributed by atoms with Crippen molar-refractivity contribution < 1.29 is 24.2 Å². The Balaban J connectivity index is 1.56. The molecule has 1 aromatic rings. The number of nitrogens with zero attached hydrogens (tertiary/aromatic N) is 1. The molecular weight excluding hydrogens is 372 g/mol. The highest BCUT2D eigenvalue weighted by atomic mass is 16.5. The highest BCUT2D eigenvalue weighted by Gasteiger charge is 2.54. The molecule has 2 saturated heterocycles. The van der Waals surface area contributed by atoms with Crippen molar-refractivity contribution >= 4 is 11.8 Å². The van der Waals surface area contributed by atoms with E-state index in [2.05, 4.69) is 5.32 Å². The number of hydrogen-bond acceptors (Lipinski definition) is 5. The van der Waals surface area contributed by atoms with Gasteiger partial charge < -0.3 is 24.8 Å². The fraction of sp³-hybridized carbons (Fsp3) is 0.636. The quantitative estimate of drug-likeness (QED) is 0.756. The standard InChI is InChI=1S/C22H32N2O5/c1-3-7-18(25)23-21(2)12-15-29-22(20(21)27)10-13-24(14-11-22)19(26)16-28-17-8-5-4-6-9-17/h4-6,8-9,20,27H,3,7,10-16H2,1-2H3,(H,23,25)/t20-,21+/m1/s1. The molecule has 2 aliphatic rings. The van der Waals surface area contributed by atoms with Crippen LogP contribution in [0, 0.1) is 0 Å². The molecule has 2 fully saturated rings. The fourth-order valence-electron chi connectivity index (χ4n) is 4.31. The zero-order chi connectivity index (χ0) is 20.9. The number of benzene rings is 1. The van der Waals surface area contributed by atoms with Gasteiger partial charge in [0.05, 0.1) is 11.1 Å². The SMILES string of the molecule is CCCC(=O)N[C@@]1(C)CCOC2(CCN(C(=O)COc3ccccc3)CC2)[C@@H]1O. The molecule has 0 radical (unpaired) electrons. The van der Waals surface area contributed by atoms with Crippen LogP contribution < -0.4 is 10.1 Å². The molecule has 2 N–H and O–H groups in total. The van der Waals surface area contributed by atoms with Gasteiger partial charge in [-0.1, -0.05) is 25.1 Å². The molecule has 1 aromatic carbocycles. The van der Waals surface area contributed by atoms with Gasteiger partial charge in [0.2, 0.25) is 5.91 Å². The number of ether oxygens (including phenoxy) is 2. The first-order valence-corrected chi connectivity index (χ1v) is 10.5. The van der Waals surface area contributed by atoms with Crippen LogP contribution >= 0.6 is 0 Å². The molecule has 29 heavy (non-hydrogen) atoms. The topological polar surface area (TPSA) is 88.1 Å². The second-order valence-corrected chi connectivity index (χ2v) is 8.26. The largest absolute Gasteiger partial charge is 0.484 e. The average Bonchev–Trinajstić information content (AvgIpc) is 2.72. The minimum absolute atomic E-state index is 0.00872. The van der Waals surface area contributed by atoms with Gasteiger partial charge >= 0.3 is 0 Å².